The zero-order valence-electron chi connectivity index (χ0n) is 10.9. The van der Waals surface area contributed by atoms with Crippen molar-refractivity contribution >= 4 is 15.9 Å². The normalized spacial score (nSPS) is 22.3. The van der Waals surface area contributed by atoms with E-state index < -0.39 is 0 Å². The molecule has 1 aromatic carbocycles. The quantitative estimate of drug-likeness (QED) is 0.917. The summed E-state index contributed by atoms with van der Waals surface area (Å²) in [6.45, 7) is 4.13. The second kappa shape index (κ2) is 6.13. The molecule has 0 saturated carbocycles. The molecule has 2 unspecified atom stereocenters. The molecule has 2 nitrogen and oxygen atoms in total. The van der Waals surface area contributed by atoms with E-state index in [0.29, 0.717) is 6.04 Å². The number of benzene rings is 1. The van der Waals surface area contributed by atoms with Gasteiger partial charge in [0.15, 0.2) is 0 Å². The van der Waals surface area contributed by atoms with Gasteiger partial charge in [-0.25, -0.2) is 4.39 Å². The maximum absolute atomic E-state index is 14.0. The van der Waals surface area contributed by atoms with Crippen LogP contribution in [0.1, 0.15) is 31.4 Å². The molecule has 0 radical (unpaired) electrons. The number of halogens is 2. The van der Waals surface area contributed by atoms with Gasteiger partial charge in [0.05, 0.1) is 0 Å². The molecule has 1 N–H and O–H groups in total. The van der Waals surface area contributed by atoms with Crippen molar-refractivity contribution in [1.29, 1.82) is 0 Å². The first kappa shape index (κ1) is 14.0. The monoisotopic (exact) mass is 314 g/mol. The summed E-state index contributed by atoms with van der Waals surface area (Å²) in [4.78, 5) is 2.41. The predicted octanol–water partition coefficient (Wildman–Crippen LogP) is 3.33. The van der Waals surface area contributed by atoms with Crippen molar-refractivity contribution in [1.82, 2.24) is 10.2 Å². The van der Waals surface area contributed by atoms with E-state index in [2.05, 4.69) is 33.1 Å². The predicted molar refractivity (Wildman–Crippen MR) is 76.2 cm³/mol. The fourth-order valence-electron chi connectivity index (χ4n) is 2.84. The molecule has 18 heavy (non-hydrogen) atoms. The van der Waals surface area contributed by atoms with Crippen LogP contribution in [-0.4, -0.2) is 31.1 Å². The molecule has 0 amide bonds. The highest BCUT2D eigenvalue weighted by Crippen LogP contribution is 2.31. The number of hydrogen-bond acceptors (Lipinski definition) is 2. The van der Waals surface area contributed by atoms with Gasteiger partial charge < -0.3 is 5.32 Å². The van der Waals surface area contributed by atoms with E-state index in [9.17, 15) is 4.39 Å². The van der Waals surface area contributed by atoms with Crippen LogP contribution >= 0.6 is 15.9 Å². The van der Waals surface area contributed by atoms with Crippen LogP contribution in [0.5, 0.6) is 0 Å². The van der Waals surface area contributed by atoms with Gasteiger partial charge in [-0.05, 0) is 45.5 Å². The zero-order chi connectivity index (χ0) is 13.1. The molecule has 1 aliphatic rings. The summed E-state index contributed by atoms with van der Waals surface area (Å²) in [6, 6.07) is 6.01. The summed E-state index contributed by atoms with van der Waals surface area (Å²) in [5.41, 5.74) is 0.793. The van der Waals surface area contributed by atoms with E-state index in [0.717, 1.165) is 23.1 Å². The Morgan fingerprint density at radius 1 is 1.56 bits per heavy atom. The third kappa shape index (κ3) is 2.92. The highest BCUT2D eigenvalue weighted by molar-refractivity contribution is 9.10. The minimum atomic E-state index is -0.119. The lowest BCUT2D eigenvalue weighted by Gasteiger charge is -2.31. The second-order valence-electron chi connectivity index (χ2n) is 4.93. The molecule has 1 aromatic rings. The summed E-state index contributed by atoms with van der Waals surface area (Å²) in [6.07, 6.45) is 2.40. The Kier molecular flexibility index (Phi) is 4.76. The first-order chi connectivity index (χ1) is 8.63. The zero-order valence-corrected chi connectivity index (χ0v) is 12.5. The van der Waals surface area contributed by atoms with E-state index in [1.54, 1.807) is 6.07 Å². The number of hydrogen-bond donors (Lipinski definition) is 1. The Labute approximate surface area is 117 Å². The lowest BCUT2D eigenvalue weighted by Crippen LogP contribution is -2.38. The molecule has 0 spiro atoms. The first-order valence-corrected chi connectivity index (χ1v) is 7.28. The molecule has 1 saturated heterocycles. The van der Waals surface area contributed by atoms with Crippen LogP contribution in [0.25, 0.3) is 0 Å². The lowest BCUT2D eigenvalue weighted by molar-refractivity contribution is 0.187. The van der Waals surface area contributed by atoms with E-state index in [4.69, 9.17) is 0 Å². The number of nitrogens with one attached hydrogen (secondary N) is 1. The Morgan fingerprint density at radius 3 is 3.00 bits per heavy atom. The number of likely N-dealkylation sites (tertiary alicyclic amines) is 1. The van der Waals surface area contributed by atoms with Crippen molar-refractivity contribution in [2.75, 3.05) is 20.1 Å². The van der Waals surface area contributed by atoms with E-state index in [1.165, 1.54) is 12.8 Å². The first-order valence-electron chi connectivity index (χ1n) is 6.48. The smallest absolute Gasteiger partial charge is 0.129 e. The molecule has 100 valence electrons. The van der Waals surface area contributed by atoms with Crippen molar-refractivity contribution in [2.45, 2.75) is 31.8 Å². The molecule has 0 bridgehead atoms. The SMILES string of the molecule is CNCC1CCCN1C(C)c1ccc(Br)cc1F. The lowest BCUT2D eigenvalue weighted by atomic mass is 10.1. The molecule has 0 aromatic heterocycles. The van der Waals surface area contributed by atoms with Gasteiger partial charge in [-0.15, -0.1) is 0 Å². The van der Waals surface area contributed by atoms with Crippen molar-refractivity contribution in [3.05, 3.63) is 34.1 Å². The molecular weight excluding hydrogens is 295 g/mol. The largest absolute Gasteiger partial charge is 0.318 e. The molecule has 2 rings (SSSR count). The van der Waals surface area contributed by atoms with Gasteiger partial charge in [0, 0.05) is 28.7 Å². The maximum Gasteiger partial charge on any atom is 0.129 e. The number of nitrogens with zero attached hydrogens (tertiary/aromatic N) is 1. The second-order valence-corrected chi connectivity index (χ2v) is 5.85. The van der Waals surface area contributed by atoms with Crippen LogP contribution < -0.4 is 5.32 Å². The van der Waals surface area contributed by atoms with Crippen LogP contribution in [0.2, 0.25) is 0 Å². The van der Waals surface area contributed by atoms with E-state index in [-0.39, 0.29) is 11.9 Å². The fraction of sp³-hybridized carbons (Fsp3) is 0.571. The molecular formula is C14H20BrFN2. The highest BCUT2D eigenvalue weighted by Gasteiger charge is 2.29. The van der Waals surface area contributed by atoms with Gasteiger partial charge >= 0.3 is 0 Å². The minimum Gasteiger partial charge on any atom is -0.318 e. The average Bonchev–Trinajstić information content (AvgIpc) is 2.77. The van der Waals surface area contributed by atoms with Crippen LogP contribution in [0.15, 0.2) is 22.7 Å². The Balaban J connectivity index is 2.17. The Hall–Kier alpha value is -0.450. The number of likely N-dealkylation sites (N-methyl/N-ethyl adjacent to an activating group) is 1. The van der Waals surface area contributed by atoms with Gasteiger partial charge in [-0.1, -0.05) is 22.0 Å². The molecule has 1 heterocycles. The van der Waals surface area contributed by atoms with Crippen molar-refractivity contribution in [3.63, 3.8) is 0 Å². The summed E-state index contributed by atoms with van der Waals surface area (Å²) >= 11 is 3.30. The fourth-order valence-corrected chi connectivity index (χ4v) is 3.17. The third-order valence-corrected chi connectivity index (χ3v) is 4.27. The average molecular weight is 315 g/mol. The summed E-state index contributed by atoms with van der Waals surface area (Å²) < 4.78 is 14.8. The van der Waals surface area contributed by atoms with Gasteiger partial charge in [-0.2, -0.15) is 0 Å². The van der Waals surface area contributed by atoms with Gasteiger partial charge in [0.1, 0.15) is 5.82 Å². The van der Waals surface area contributed by atoms with E-state index >= 15 is 0 Å². The Morgan fingerprint density at radius 2 is 2.33 bits per heavy atom. The topological polar surface area (TPSA) is 15.3 Å². The molecule has 2 atom stereocenters. The molecule has 4 heteroatoms. The van der Waals surface area contributed by atoms with Crippen molar-refractivity contribution in [2.24, 2.45) is 0 Å². The molecule has 1 aliphatic heterocycles. The molecule has 1 fully saturated rings. The van der Waals surface area contributed by atoms with Crippen LogP contribution in [0.4, 0.5) is 4.39 Å². The minimum absolute atomic E-state index is 0.119. The van der Waals surface area contributed by atoms with Crippen LogP contribution in [0, 0.1) is 5.82 Å². The van der Waals surface area contributed by atoms with Gasteiger partial charge in [0.25, 0.3) is 0 Å². The maximum atomic E-state index is 14.0. The summed E-state index contributed by atoms with van der Waals surface area (Å²) in [5, 5.41) is 3.23. The van der Waals surface area contributed by atoms with Gasteiger partial charge in [-0.3, -0.25) is 4.90 Å². The van der Waals surface area contributed by atoms with Crippen LogP contribution in [-0.2, 0) is 0 Å². The van der Waals surface area contributed by atoms with E-state index in [1.807, 2.05) is 19.2 Å². The van der Waals surface area contributed by atoms with Crippen LogP contribution in [0.3, 0.4) is 0 Å². The summed E-state index contributed by atoms with van der Waals surface area (Å²) in [7, 11) is 1.97. The Bertz CT molecular complexity index is 411. The van der Waals surface area contributed by atoms with Gasteiger partial charge in [0.2, 0.25) is 0 Å². The van der Waals surface area contributed by atoms with Crippen molar-refractivity contribution in [3.8, 4) is 0 Å². The standard InChI is InChI=1S/C14H20BrFN2/c1-10(13-6-5-11(15)8-14(13)16)18-7-3-4-12(18)9-17-2/h5-6,8,10,12,17H,3-4,7,9H2,1-2H3. The van der Waals surface area contributed by atoms with Crippen molar-refractivity contribution < 1.29 is 4.39 Å². The number of rotatable bonds is 4. The third-order valence-electron chi connectivity index (χ3n) is 3.77. The highest BCUT2D eigenvalue weighted by atomic mass is 79.9. The summed E-state index contributed by atoms with van der Waals surface area (Å²) in [5.74, 6) is -0.119. The molecule has 0 aliphatic carbocycles.